The normalized spacial score (nSPS) is 31.6. The van der Waals surface area contributed by atoms with Crippen molar-refractivity contribution in [3.05, 3.63) is 54.1 Å². The topological polar surface area (TPSA) is 73.5 Å². The first-order valence-electron chi connectivity index (χ1n) is 11.7. The van der Waals surface area contributed by atoms with Crippen molar-refractivity contribution in [1.82, 2.24) is 20.9 Å². The van der Waals surface area contributed by atoms with E-state index in [2.05, 4.69) is 46.0 Å². The van der Waals surface area contributed by atoms with Gasteiger partial charge in [-0.2, -0.15) is 0 Å². The highest BCUT2D eigenvalue weighted by Gasteiger charge is 2.51. The summed E-state index contributed by atoms with van der Waals surface area (Å²) in [7, 11) is 1.65. The smallest absolute Gasteiger partial charge is 0.315 e. The van der Waals surface area contributed by atoms with Gasteiger partial charge in [-0.1, -0.05) is 48.6 Å². The summed E-state index contributed by atoms with van der Waals surface area (Å²) in [4.78, 5) is 28.8. The third-order valence-electron chi connectivity index (χ3n) is 7.91. The number of benzene rings is 1. The predicted molar refractivity (Wildman–Crippen MR) is 128 cm³/mol. The van der Waals surface area contributed by atoms with Crippen molar-refractivity contribution in [2.75, 3.05) is 26.7 Å². The van der Waals surface area contributed by atoms with E-state index >= 15 is 0 Å². The van der Waals surface area contributed by atoms with Gasteiger partial charge in [0, 0.05) is 13.6 Å². The number of allylic oxidation sites excluding steroid dienone is 3. The lowest BCUT2D eigenvalue weighted by Crippen LogP contribution is -2.69. The molecule has 0 spiro atoms. The average molecular weight is 437 g/mol. The van der Waals surface area contributed by atoms with E-state index in [1.54, 1.807) is 7.05 Å². The van der Waals surface area contributed by atoms with E-state index in [9.17, 15) is 9.59 Å². The molecule has 4 aliphatic rings. The van der Waals surface area contributed by atoms with Gasteiger partial charge in [0.05, 0.1) is 16.5 Å². The second kappa shape index (κ2) is 8.39. The van der Waals surface area contributed by atoms with E-state index in [1.165, 1.54) is 0 Å². The third kappa shape index (κ3) is 3.96. The van der Waals surface area contributed by atoms with Crippen LogP contribution in [0.2, 0.25) is 0 Å². The van der Waals surface area contributed by atoms with Crippen LogP contribution in [-0.2, 0) is 4.79 Å². The molecule has 1 aromatic rings. The molecule has 6 nitrogen and oxygen atoms in total. The molecule has 2 atom stereocenters. The second-order valence-corrected chi connectivity index (χ2v) is 10.3. The maximum absolute atomic E-state index is 13.2. The molecule has 0 radical (unpaired) electrons. The minimum atomic E-state index is -0.882. The van der Waals surface area contributed by atoms with E-state index in [0.717, 1.165) is 43.6 Å². The van der Waals surface area contributed by atoms with E-state index < -0.39 is 11.0 Å². The van der Waals surface area contributed by atoms with Crippen LogP contribution in [0.25, 0.3) is 5.57 Å². The Kier molecular flexibility index (Phi) is 5.93. The number of carbonyl (C=O) groups is 2. The number of hydrogen-bond acceptors (Lipinski definition) is 3. The Morgan fingerprint density at radius 3 is 2.34 bits per heavy atom. The van der Waals surface area contributed by atoms with Gasteiger partial charge in [0.2, 0.25) is 5.91 Å². The summed E-state index contributed by atoms with van der Waals surface area (Å²) in [5, 5.41) is 9.25. The Labute approximate surface area is 191 Å². The SMILES string of the molecule is CNC(=O)C1(C(C)(C)NC(=O)NC2(C)CN3CCC2CC3)C=CC(c2ccccc2)=CC1. The molecule has 0 aromatic heterocycles. The summed E-state index contributed by atoms with van der Waals surface area (Å²) < 4.78 is 0. The van der Waals surface area contributed by atoms with Crippen LogP contribution in [0.5, 0.6) is 0 Å². The molecule has 2 unspecified atom stereocenters. The van der Waals surface area contributed by atoms with Crippen LogP contribution in [0.15, 0.2) is 48.6 Å². The lowest BCUT2D eigenvalue weighted by molar-refractivity contribution is -0.131. The number of rotatable bonds is 5. The lowest BCUT2D eigenvalue weighted by Gasteiger charge is -2.52. The van der Waals surface area contributed by atoms with Crippen LogP contribution in [0.4, 0.5) is 4.79 Å². The first-order valence-corrected chi connectivity index (χ1v) is 11.7. The van der Waals surface area contributed by atoms with Crippen molar-refractivity contribution in [3.8, 4) is 0 Å². The molecule has 3 aliphatic heterocycles. The van der Waals surface area contributed by atoms with Gasteiger partial charge in [-0.05, 0) is 70.2 Å². The third-order valence-corrected chi connectivity index (χ3v) is 7.91. The van der Waals surface area contributed by atoms with Gasteiger partial charge in [0.15, 0.2) is 0 Å². The summed E-state index contributed by atoms with van der Waals surface area (Å²) in [5.41, 5.74) is 0.294. The molecule has 1 aliphatic carbocycles. The lowest BCUT2D eigenvalue weighted by atomic mass is 9.65. The van der Waals surface area contributed by atoms with Crippen molar-refractivity contribution >= 4 is 17.5 Å². The number of fused-ring (bicyclic) bond motifs is 3. The maximum Gasteiger partial charge on any atom is 0.315 e. The molecule has 3 fully saturated rings. The number of piperidine rings is 3. The Morgan fingerprint density at radius 1 is 1.12 bits per heavy atom. The minimum absolute atomic E-state index is 0.101. The largest absolute Gasteiger partial charge is 0.358 e. The van der Waals surface area contributed by atoms with Crippen LogP contribution >= 0.6 is 0 Å². The maximum atomic E-state index is 13.2. The molecule has 3 N–H and O–H groups in total. The van der Waals surface area contributed by atoms with E-state index in [-0.39, 0.29) is 17.5 Å². The number of amides is 3. The van der Waals surface area contributed by atoms with Crippen molar-refractivity contribution in [3.63, 3.8) is 0 Å². The van der Waals surface area contributed by atoms with Crippen LogP contribution in [0.3, 0.4) is 0 Å². The monoisotopic (exact) mass is 436 g/mol. The fourth-order valence-corrected chi connectivity index (χ4v) is 5.77. The standard InChI is InChI=1S/C26H36N4O2/c1-24(2,28-23(32)29-25(3)18-30-16-12-21(25)13-17-30)26(22(31)27-4)14-10-20(11-15-26)19-8-6-5-7-9-19/h5-11,14,21H,12-13,15-18H2,1-4H3,(H,27,31)(H2,28,29,32). The van der Waals surface area contributed by atoms with Gasteiger partial charge in [-0.3, -0.25) is 4.79 Å². The number of hydrogen-bond donors (Lipinski definition) is 3. The number of carbonyl (C=O) groups excluding carboxylic acids is 2. The fourth-order valence-electron chi connectivity index (χ4n) is 5.77. The zero-order chi connectivity index (χ0) is 23.0. The van der Waals surface area contributed by atoms with E-state index in [4.69, 9.17) is 0 Å². The molecule has 3 saturated heterocycles. The number of nitrogens with one attached hydrogen (secondary N) is 3. The van der Waals surface area contributed by atoms with Gasteiger partial charge < -0.3 is 20.9 Å². The van der Waals surface area contributed by atoms with Gasteiger partial charge in [-0.15, -0.1) is 0 Å². The summed E-state index contributed by atoms with van der Waals surface area (Å²) >= 11 is 0. The van der Waals surface area contributed by atoms with E-state index in [0.29, 0.717) is 12.3 Å². The van der Waals surface area contributed by atoms with Crippen LogP contribution in [0.1, 0.15) is 45.6 Å². The van der Waals surface area contributed by atoms with Crippen LogP contribution in [0, 0.1) is 11.3 Å². The predicted octanol–water partition coefficient (Wildman–Crippen LogP) is 3.32. The second-order valence-electron chi connectivity index (χ2n) is 10.3. The molecule has 3 amide bonds. The Bertz CT molecular complexity index is 930. The fraction of sp³-hybridized carbons (Fsp3) is 0.538. The summed E-state index contributed by atoms with van der Waals surface area (Å²) in [6.07, 6.45) is 8.82. The highest BCUT2D eigenvalue weighted by molar-refractivity contribution is 5.90. The van der Waals surface area contributed by atoms with Gasteiger partial charge in [0.25, 0.3) is 0 Å². The van der Waals surface area contributed by atoms with Crippen molar-refractivity contribution in [1.29, 1.82) is 0 Å². The summed E-state index contributed by atoms with van der Waals surface area (Å²) in [5.74, 6) is 0.400. The van der Waals surface area contributed by atoms with Crippen LogP contribution in [-0.4, -0.2) is 54.6 Å². The average Bonchev–Trinajstić information content (AvgIpc) is 2.78. The molecule has 2 bridgehead atoms. The Hall–Kier alpha value is -2.60. The van der Waals surface area contributed by atoms with Crippen LogP contribution < -0.4 is 16.0 Å². The Balaban J connectivity index is 1.52. The molecule has 3 heterocycles. The zero-order valence-electron chi connectivity index (χ0n) is 19.7. The molecule has 6 heteroatoms. The molecule has 0 saturated carbocycles. The van der Waals surface area contributed by atoms with Gasteiger partial charge >= 0.3 is 6.03 Å². The van der Waals surface area contributed by atoms with Gasteiger partial charge in [-0.25, -0.2) is 4.79 Å². The van der Waals surface area contributed by atoms with Crippen molar-refractivity contribution in [2.45, 2.75) is 51.1 Å². The molecule has 32 heavy (non-hydrogen) atoms. The molecular formula is C26H36N4O2. The highest BCUT2D eigenvalue weighted by atomic mass is 16.2. The van der Waals surface area contributed by atoms with Crippen molar-refractivity contribution in [2.24, 2.45) is 11.3 Å². The summed E-state index contributed by atoms with van der Waals surface area (Å²) in [6.45, 7) is 9.15. The quantitative estimate of drug-likeness (QED) is 0.663. The van der Waals surface area contributed by atoms with Gasteiger partial charge in [0.1, 0.15) is 0 Å². The number of urea groups is 1. The summed E-state index contributed by atoms with van der Waals surface area (Å²) in [6, 6.07) is 9.93. The number of nitrogens with zero attached hydrogens (tertiary/aromatic N) is 1. The molecule has 5 rings (SSSR count). The first kappa shape index (κ1) is 22.6. The molecular weight excluding hydrogens is 400 g/mol. The minimum Gasteiger partial charge on any atom is -0.358 e. The highest BCUT2D eigenvalue weighted by Crippen LogP contribution is 2.42. The van der Waals surface area contributed by atoms with Crippen molar-refractivity contribution < 1.29 is 9.59 Å². The molecule has 1 aromatic carbocycles. The Morgan fingerprint density at radius 2 is 1.81 bits per heavy atom. The first-order chi connectivity index (χ1) is 15.2. The van der Waals surface area contributed by atoms with E-state index in [1.807, 2.05) is 44.2 Å². The zero-order valence-corrected chi connectivity index (χ0v) is 19.7. The molecule has 172 valence electrons.